The Labute approximate surface area is 173 Å². The number of pyridine rings is 2. The Balaban J connectivity index is 1.42. The fraction of sp³-hybridized carbons (Fsp3) is 0.217. The van der Waals surface area contributed by atoms with E-state index in [0.29, 0.717) is 18.1 Å². The first-order chi connectivity index (χ1) is 14.7. The standard InChI is InChI=1S/C23H21N5O2/c1-28(14-17-12-24-11-16-13-25-27-21(16)17)23(29)20-10-9-19(15-5-3-2-4-6-15)22(26-20)30-18-7-8-18/h2-6,9-13,18H,7-8,14H2,1H3,(H,25,27). The molecule has 0 saturated heterocycles. The molecule has 7 nitrogen and oxygen atoms in total. The first kappa shape index (κ1) is 18.3. The summed E-state index contributed by atoms with van der Waals surface area (Å²) < 4.78 is 6.04. The summed E-state index contributed by atoms with van der Waals surface area (Å²) in [5.41, 5.74) is 4.06. The summed E-state index contributed by atoms with van der Waals surface area (Å²) in [6.07, 6.45) is 7.45. The first-order valence-electron chi connectivity index (χ1n) is 9.93. The van der Waals surface area contributed by atoms with Crippen LogP contribution in [-0.4, -0.2) is 44.1 Å². The van der Waals surface area contributed by atoms with Crippen LogP contribution in [0.4, 0.5) is 0 Å². The van der Waals surface area contributed by atoms with Crippen LogP contribution in [0.2, 0.25) is 0 Å². The van der Waals surface area contributed by atoms with Crippen LogP contribution in [0.3, 0.4) is 0 Å². The van der Waals surface area contributed by atoms with Gasteiger partial charge in [-0.25, -0.2) is 4.98 Å². The molecule has 7 heteroatoms. The van der Waals surface area contributed by atoms with Gasteiger partial charge in [-0.2, -0.15) is 5.10 Å². The SMILES string of the molecule is CN(Cc1cncc2cn[nH]c12)C(=O)c1ccc(-c2ccccc2)c(OC2CC2)n1. The lowest BCUT2D eigenvalue weighted by molar-refractivity contribution is 0.0778. The molecule has 1 fully saturated rings. The highest BCUT2D eigenvalue weighted by Crippen LogP contribution is 2.33. The van der Waals surface area contributed by atoms with E-state index in [4.69, 9.17) is 4.74 Å². The number of nitrogens with zero attached hydrogens (tertiary/aromatic N) is 4. The molecule has 0 atom stereocenters. The van der Waals surface area contributed by atoms with Gasteiger partial charge in [-0.05, 0) is 30.5 Å². The number of hydrogen-bond acceptors (Lipinski definition) is 5. The molecule has 4 aromatic rings. The van der Waals surface area contributed by atoms with E-state index in [0.717, 1.165) is 40.4 Å². The highest BCUT2D eigenvalue weighted by atomic mass is 16.5. The summed E-state index contributed by atoms with van der Waals surface area (Å²) in [6, 6.07) is 13.6. The Bertz CT molecular complexity index is 1200. The minimum Gasteiger partial charge on any atom is -0.474 e. The van der Waals surface area contributed by atoms with Gasteiger partial charge in [0, 0.05) is 42.5 Å². The predicted molar refractivity (Wildman–Crippen MR) is 113 cm³/mol. The Hall–Kier alpha value is -3.74. The zero-order valence-electron chi connectivity index (χ0n) is 16.6. The van der Waals surface area contributed by atoms with Gasteiger partial charge < -0.3 is 9.64 Å². The second-order valence-corrected chi connectivity index (χ2v) is 7.53. The summed E-state index contributed by atoms with van der Waals surface area (Å²) in [5, 5.41) is 7.95. The van der Waals surface area contributed by atoms with Crippen LogP contribution in [0.5, 0.6) is 5.88 Å². The van der Waals surface area contributed by atoms with Crippen LogP contribution in [-0.2, 0) is 6.54 Å². The molecular weight excluding hydrogens is 378 g/mol. The van der Waals surface area contributed by atoms with Crippen molar-refractivity contribution in [2.45, 2.75) is 25.5 Å². The lowest BCUT2D eigenvalue weighted by atomic mass is 10.1. The van der Waals surface area contributed by atoms with Crippen molar-refractivity contribution in [2.24, 2.45) is 0 Å². The van der Waals surface area contributed by atoms with Gasteiger partial charge in [-0.15, -0.1) is 0 Å². The number of benzene rings is 1. The van der Waals surface area contributed by atoms with Crippen molar-refractivity contribution in [1.29, 1.82) is 0 Å². The fourth-order valence-corrected chi connectivity index (χ4v) is 3.40. The molecule has 1 aliphatic rings. The molecule has 1 amide bonds. The van der Waals surface area contributed by atoms with Crippen LogP contribution < -0.4 is 4.74 Å². The molecule has 1 aliphatic carbocycles. The van der Waals surface area contributed by atoms with Gasteiger partial charge in [0.2, 0.25) is 5.88 Å². The third-order valence-corrected chi connectivity index (χ3v) is 5.15. The number of nitrogens with one attached hydrogen (secondary N) is 1. The van der Waals surface area contributed by atoms with Crippen LogP contribution in [0, 0.1) is 0 Å². The Morgan fingerprint density at radius 1 is 1.13 bits per heavy atom. The maximum atomic E-state index is 13.1. The number of hydrogen-bond donors (Lipinski definition) is 1. The molecule has 150 valence electrons. The number of aromatic nitrogens is 4. The van der Waals surface area contributed by atoms with E-state index >= 15 is 0 Å². The summed E-state index contributed by atoms with van der Waals surface area (Å²) in [7, 11) is 1.76. The molecule has 0 unspecified atom stereocenters. The van der Waals surface area contributed by atoms with Crippen molar-refractivity contribution in [3.63, 3.8) is 0 Å². The Kier molecular flexibility index (Phi) is 4.63. The van der Waals surface area contributed by atoms with Crippen molar-refractivity contribution in [1.82, 2.24) is 25.1 Å². The molecule has 0 spiro atoms. The summed E-state index contributed by atoms with van der Waals surface area (Å²) in [6.45, 7) is 0.395. The van der Waals surface area contributed by atoms with E-state index in [2.05, 4.69) is 20.2 Å². The summed E-state index contributed by atoms with van der Waals surface area (Å²) in [5.74, 6) is 0.340. The van der Waals surface area contributed by atoms with Crippen LogP contribution in [0.1, 0.15) is 28.9 Å². The van der Waals surface area contributed by atoms with E-state index in [1.807, 2.05) is 36.4 Å². The van der Waals surface area contributed by atoms with Crippen LogP contribution >= 0.6 is 0 Å². The number of carbonyl (C=O) groups is 1. The molecule has 0 radical (unpaired) electrons. The normalized spacial score (nSPS) is 13.4. The Morgan fingerprint density at radius 2 is 1.97 bits per heavy atom. The lowest BCUT2D eigenvalue weighted by Crippen LogP contribution is -2.27. The smallest absolute Gasteiger partial charge is 0.272 e. The van der Waals surface area contributed by atoms with E-state index in [1.54, 1.807) is 36.6 Å². The average Bonchev–Trinajstić information content (AvgIpc) is 3.46. The van der Waals surface area contributed by atoms with Crippen molar-refractivity contribution in [2.75, 3.05) is 7.05 Å². The second-order valence-electron chi connectivity index (χ2n) is 7.53. The lowest BCUT2D eigenvalue weighted by Gasteiger charge is -2.18. The molecular formula is C23H21N5O2. The molecule has 3 aromatic heterocycles. The number of amides is 1. The minimum absolute atomic E-state index is 0.174. The van der Waals surface area contributed by atoms with Crippen LogP contribution in [0.25, 0.3) is 22.0 Å². The highest BCUT2D eigenvalue weighted by Gasteiger charge is 2.26. The van der Waals surface area contributed by atoms with Crippen molar-refractivity contribution < 1.29 is 9.53 Å². The van der Waals surface area contributed by atoms with Crippen molar-refractivity contribution in [3.05, 3.63) is 72.3 Å². The number of aromatic amines is 1. The molecule has 0 aliphatic heterocycles. The number of H-pyrrole nitrogens is 1. The molecule has 1 N–H and O–H groups in total. The molecule has 5 rings (SSSR count). The third-order valence-electron chi connectivity index (χ3n) is 5.15. The third kappa shape index (κ3) is 3.61. The molecule has 1 aromatic carbocycles. The topological polar surface area (TPSA) is 84.0 Å². The van der Waals surface area contributed by atoms with Gasteiger partial charge in [0.05, 0.1) is 11.7 Å². The van der Waals surface area contributed by atoms with E-state index < -0.39 is 0 Å². The minimum atomic E-state index is -0.174. The first-order valence-corrected chi connectivity index (χ1v) is 9.93. The maximum Gasteiger partial charge on any atom is 0.272 e. The fourth-order valence-electron chi connectivity index (χ4n) is 3.40. The van der Waals surface area contributed by atoms with Gasteiger partial charge in [-0.1, -0.05) is 30.3 Å². The number of rotatable bonds is 6. The van der Waals surface area contributed by atoms with Crippen molar-refractivity contribution in [3.8, 4) is 17.0 Å². The summed E-state index contributed by atoms with van der Waals surface area (Å²) >= 11 is 0. The number of ether oxygens (including phenoxy) is 1. The zero-order valence-corrected chi connectivity index (χ0v) is 16.6. The largest absolute Gasteiger partial charge is 0.474 e. The van der Waals surface area contributed by atoms with Crippen molar-refractivity contribution >= 4 is 16.8 Å². The van der Waals surface area contributed by atoms with E-state index in [1.165, 1.54) is 0 Å². The average molecular weight is 399 g/mol. The van der Waals surface area contributed by atoms with E-state index in [9.17, 15) is 4.79 Å². The molecule has 30 heavy (non-hydrogen) atoms. The van der Waals surface area contributed by atoms with Gasteiger partial charge in [0.1, 0.15) is 11.8 Å². The van der Waals surface area contributed by atoms with Crippen LogP contribution in [0.15, 0.2) is 61.1 Å². The zero-order chi connectivity index (χ0) is 20.5. The second kappa shape index (κ2) is 7.59. The molecule has 1 saturated carbocycles. The van der Waals surface area contributed by atoms with Gasteiger partial charge in [0.15, 0.2) is 0 Å². The molecule has 0 bridgehead atoms. The van der Waals surface area contributed by atoms with E-state index in [-0.39, 0.29) is 12.0 Å². The van der Waals surface area contributed by atoms with Gasteiger partial charge in [-0.3, -0.25) is 14.9 Å². The monoisotopic (exact) mass is 399 g/mol. The predicted octanol–water partition coefficient (Wildman–Crippen LogP) is 3.83. The summed E-state index contributed by atoms with van der Waals surface area (Å²) in [4.78, 5) is 23.5. The quantitative estimate of drug-likeness (QED) is 0.533. The number of carbonyl (C=O) groups excluding carboxylic acids is 1. The molecule has 3 heterocycles. The highest BCUT2D eigenvalue weighted by molar-refractivity contribution is 5.93. The maximum absolute atomic E-state index is 13.1. The Morgan fingerprint density at radius 3 is 2.77 bits per heavy atom. The number of fused-ring (bicyclic) bond motifs is 1. The van der Waals surface area contributed by atoms with Gasteiger partial charge in [0.25, 0.3) is 5.91 Å². The van der Waals surface area contributed by atoms with Gasteiger partial charge >= 0.3 is 0 Å².